The molecular formula is C14H28N2O10P2. The number of aliphatic carboxylic acids is 2. The fraction of sp³-hybridized carbons (Fsp3) is 0.857. The highest BCUT2D eigenvalue weighted by atomic mass is 31.2. The van der Waals surface area contributed by atoms with Crippen molar-refractivity contribution in [3.05, 3.63) is 0 Å². The van der Waals surface area contributed by atoms with Gasteiger partial charge < -0.3 is 40.4 Å². The molecule has 0 aliphatic carbocycles. The minimum atomic E-state index is -4.01. The third kappa shape index (κ3) is 10.6. The second kappa shape index (κ2) is 10.8. The molecule has 28 heavy (non-hydrogen) atoms. The van der Waals surface area contributed by atoms with Crippen LogP contribution in [0.5, 0.6) is 0 Å². The van der Waals surface area contributed by atoms with Crippen LogP contribution in [0.2, 0.25) is 0 Å². The zero-order valence-corrected chi connectivity index (χ0v) is 17.0. The Hall–Kier alpha value is -0.840. The number of rotatable bonds is 6. The Morgan fingerprint density at radius 3 is 1.32 bits per heavy atom. The van der Waals surface area contributed by atoms with E-state index in [1.807, 2.05) is 0 Å². The van der Waals surface area contributed by atoms with Gasteiger partial charge >= 0.3 is 27.1 Å². The topological polar surface area (TPSA) is 214 Å². The van der Waals surface area contributed by atoms with Gasteiger partial charge in [0.2, 0.25) is 0 Å². The molecule has 0 aromatic rings. The van der Waals surface area contributed by atoms with Crippen LogP contribution in [-0.4, -0.2) is 79.2 Å². The van der Waals surface area contributed by atoms with Gasteiger partial charge in [-0.15, -0.1) is 0 Å². The maximum absolute atomic E-state index is 10.7. The average molecular weight is 446 g/mol. The zero-order chi connectivity index (χ0) is 21.5. The first-order valence-electron chi connectivity index (χ1n) is 8.78. The summed E-state index contributed by atoms with van der Waals surface area (Å²) in [6.07, 6.45) is 1.40. The monoisotopic (exact) mass is 446 g/mol. The lowest BCUT2D eigenvalue weighted by Crippen LogP contribution is -2.44. The van der Waals surface area contributed by atoms with Crippen molar-refractivity contribution in [2.24, 2.45) is 11.8 Å². The molecule has 164 valence electrons. The standard InChI is InChI=1S/2C7H14NO5P/c2*9-7(10)6-3-5(1-2-8-6)4-14(11,12)13/h2*5-6,8H,1-4H2,(H,9,10)(H2,11,12,13)/t2*5-,6+/m00/s1. The highest BCUT2D eigenvalue weighted by Gasteiger charge is 2.31. The summed E-state index contributed by atoms with van der Waals surface area (Å²) in [5, 5.41) is 23.0. The molecule has 0 radical (unpaired) electrons. The molecule has 2 aliphatic rings. The van der Waals surface area contributed by atoms with Crippen molar-refractivity contribution in [3.8, 4) is 0 Å². The van der Waals surface area contributed by atoms with E-state index in [9.17, 15) is 18.7 Å². The molecule has 2 fully saturated rings. The maximum Gasteiger partial charge on any atom is 0.325 e. The summed E-state index contributed by atoms with van der Waals surface area (Å²) in [5.74, 6) is -2.31. The van der Waals surface area contributed by atoms with Crippen LogP contribution >= 0.6 is 15.2 Å². The smallest absolute Gasteiger partial charge is 0.325 e. The Bertz CT molecular complexity index is 580. The number of carboxylic acid groups (broad SMARTS) is 2. The van der Waals surface area contributed by atoms with E-state index in [0.717, 1.165) is 0 Å². The molecule has 2 saturated heterocycles. The van der Waals surface area contributed by atoms with Gasteiger partial charge in [-0.1, -0.05) is 0 Å². The maximum atomic E-state index is 10.7. The highest BCUT2D eigenvalue weighted by Crippen LogP contribution is 2.40. The normalized spacial score (nSPS) is 28.7. The first-order chi connectivity index (χ1) is 12.8. The molecule has 2 rings (SSSR count). The summed E-state index contributed by atoms with van der Waals surface area (Å²) in [6, 6.07) is -1.33. The number of piperidine rings is 2. The molecule has 0 unspecified atom stereocenters. The zero-order valence-electron chi connectivity index (χ0n) is 15.2. The van der Waals surface area contributed by atoms with Crippen molar-refractivity contribution in [2.75, 3.05) is 25.4 Å². The Morgan fingerprint density at radius 2 is 1.07 bits per heavy atom. The third-order valence-corrected chi connectivity index (χ3v) is 6.60. The highest BCUT2D eigenvalue weighted by molar-refractivity contribution is 7.52. The fourth-order valence-electron chi connectivity index (χ4n) is 3.37. The number of hydrogen-bond donors (Lipinski definition) is 8. The summed E-state index contributed by atoms with van der Waals surface area (Å²) in [5.41, 5.74) is 0. The van der Waals surface area contributed by atoms with Gasteiger partial charge in [0.25, 0.3) is 0 Å². The van der Waals surface area contributed by atoms with Crippen LogP contribution in [0.3, 0.4) is 0 Å². The van der Waals surface area contributed by atoms with E-state index in [4.69, 9.17) is 29.8 Å². The van der Waals surface area contributed by atoms with Gasteiger partial charge in [-0.3, -0.25) is 18.7 Å². The molecule has 2 aliphatic heterocycles. The van der Waals surface area contributed by atoms with Gasteiger partial charge in [-0.25, -0.2) is 0 Å². The van der Waals surface area contributed by atoms with Crippen LogP contribution in [0.4, 0.5) is 0 Å². The summed E-state index contributed by atoms with van der Waals surface area (Å²) >= 11 is 0. The Balaban J connectivity index is 0.000000280. The predicted molar refractivity (Wildman–Crippen MR) is 98.1 cm³/mol. The van der Waals surface area contributed by atoms with Gasteiger partial charge in [0.15, 0.2) is 0 Å². The number of carboxylic acids is 2. The fourth-order valence-corrected chi connectivity index (χ4v) is 5.38. The quantitative estimate of drug-likeness (QED) is 0.236. The molecule has 0 aromatic heterocycles. The molecule has 14 heteroatoms. The van der Waals surface area contributed by atoms with Crippen LogP contribution in [-0.2, 0) is 18.7 Å². The van der Waals surface area contributed by atoms with E-state index < -0.39 is 39.2 Å². The van der Waals surface area contributed by atoms with Crippen LogP contribution in [0.1, 0.15) is 25.7 Å². The Morgan fingerprint density at radius 1 is 0.750 bits per heavy atom. The number of hydrogen-bond acceptors (Lipinski definition) is 6. The lowest BCUT2D eigenvalue weighted by molar-refractivity contribution is -0.141. The predicted octanol–water partition coefficient (Wildman–Crippen LogP) is -0.766. The van der Waals surface area contributed by atoms with Crippen LogP contribution in [0.25, 0.3) is 0 Å². The summed E-state index contributed by atoms with van der Waals surface area (Å²) in [4.78, 5) is 56.2. The van der Waals surface area contributed by atoms with E-state index in [1.165, 1.54) is 0 Å². The van der Waals surface area contributed by atoms with Gasteiger partial charge in [-0.2, -0.15) is 0 Å². The molecule has 0 aromatic carbocycles. The molecule has 0 saturated carbocycles. The molecule has 4 atom stereocenters. The minimum Gasteiger partial charge on any atom is -0.480 e. The molecule has 8 N–H and O–H groups in total. The van der Waals surface area contributed by atoms with Gasteiger partial charge in [0.1, 0.15) is 12.1 Å². The van der Waals surface area contributed by atoms with Crippen molar-refractivity contribution in [1.82, 2.24) is 10.6 Å². The SMILES string of the molecule is O=C(O)[C@H]1C[C@@H](CP(=O)(O)O)CCN1.O=C(O)[C@H]1C[C@@H](CP(=O)(O)O)CCN1. The first-order valence-corrected chi connectivity index (χ1v) is 12.4. The van der Waals surface area contributed by atoms with Crippen LogP contribution in [0.15, 0.2) is 0 Å². The molecule has 2 heterocycles. The van der Waals surface area contributed by atoms with Crippen molar-refractivity contribution in [1.29, 1.82) is 0 Å². The van der Waals surface area contributed by atoms with Crippen molar-refractivity contribution >= 4 is 27.1 Å². The van der Waals surface area contributed by atoms with E-state index in [0.29, 0.717) is 38.8 Å². The van der Waals surface area contributed by atoms with E-state index in [2.05, 4.69) is 10.6 Å². The molecule has 0 amide bonds. The third-order valence-electron chi connectivity index (χ3n) is 4.61. The minimum absolute atomic E-state index is 0.196. The number of nitrogens with one attached hydrogen (secondary N) is 2. The van der Waals surface area contributed by atoms with E-state index >= 15 is 0 Å². The molecule has 0 bridgehead atoms. The van der Waals surface area contributed by atoms with E-state index in [-0.39, 0.29) is 24.2 Å². The van der Waals surface area contributed by atoms with Gasteiger partial charge in [0, 0.05) is 0 Å². The largest absolute Gasteiger partial charge is 0.480 e. The van der Waals surface area contributed by atoms with E-state index in [1.54, 1.807) is 0 Å². The van der Waals surface area contributed by atoms with Crippen molar-refractivity contribution < 1.29 is 48.5 Å². The Labute approximate surface area is 162 Å². The van der Waals surface area contributed by atoms with Crippen LogP contribution in [0, 0.1) is 11.8 Å². The van der Waals surface area contributed by atoms with Gasteiger partial charge in [0.05, 0.1) is 12.3 Å². The number of carbonyl (C=O) groups is 2. The molecular weight excluding hydrogens is 418 g/mol. The Kier molecular flexibility index (Phi) is 9.72. The van der Waals surface area contributed by atoms with Crippen molar-refractivity contribution in [2.45, 2.75) is 37.8 Å². The molecule has 12 nitrogen and oxygen atoms in total. The summed E-state index contributed by atoms with van der Waals surface area (Å²) < 4.78 is 21.4. The molecule has 0 spiro atoms. The summed E-state index contributed by atoms with van der Waals surface area (Å²) in [6.45, 7) is 1.00. The lowest BCUT2D eigenvalue weighted by Gasteiger charge is -2.27. The summed E-state index contributed by atoms with van der Waals surface area (Å²) in [7, 11) is -8.02. The average Bonchev–Trinajstić information content (AvgIpc) is 2.52. The lowest BCUT2D eigenvalue weighted by atomic mass is 9.94. The van der Waals surface area contributed by atoms with Crippen molar-refractivity contribution in [3.63, 3.8) is 0 Å². The first kappa shape index (κ1) is 25.2. The second-order valence-corrected chi connectivity index (χ2v) is 10.6. The van der Waals surface area contributed by atoms with Crippen LogP contribution < -0.4 is 10.6 Å². The second-order valence-electron chi connectivity index (χ2n) is 7.17. The van der Waals surface area contributed by atoms with Gasteiger partial charge in [-0.05, 0) is 50.6 Å².